The fourth-order valence-electron chi connectivity index (χ4n) is 3.73. The Labute approximate surface area is 119 Å². The van der Waals surface area contributed by atoms with E-state index in [0.29, 0.717) is 18.1 Å². The van der Waals surface area contributed by atoms with E-state index in [1.54, 1.807) is 0 Å². The maximum absolute atomic E-state index is 13.6. The summed E-state index contributed by atoms with van der Waals surface area (Å²) >= 11 is 0. The van der Waals surface area contributed by atoms with Crippen LogP contribution in [0.1, 0.15) is 37.7 Å². The van der Waals surface area contributed by atoms with Gasteiger partial charge >= 0.3 is 0 Å². The van der Waals surface area contributed by atoms with E-state index in [1.807, 2.05) is 0 Å². The van der Waals surface area contributed by atoms with Crippen molar-refractivity contribution < 1.29 is 8.78 Å². The van der Waals surface area contributed by atoms with Crippen LogP contribution < -0.4 is 5.32 Å². The van der Waals surface area contributed by atoms with E-state index in [1.165, 1.54) is 37.5 Å². The minimum absolute atomic E-state index is 0.164. The number of nitrogens with zero attached hydrogens (tertiary/aromatic N) is 1. The lowest BCUT2D eigenvalue weighted by molar-refractivity contribution is 0.0481. The van der Waals surface area contributed by atoms with Crippen LogP contribution in [0, 0.1) is 11.6 Å². The molecule has 2 aliphatic heterocycles. The zero-order valence-corrected chi connectivity index (χ0v) is 11.9. The summed E-state index contributed by atoms with van der Waals surface area (Å²) in [6, 6.07) is 5.69. The maximum Gasteiger partial charge on any atom is 0.130 e. The molecule has 0 aliphatic carbocycles. The van der Waals surface area contributed by atoms with Crippen LogP contribution in [-0.2, 0) is 6.54 Å². The van der Waals surface area contributed by atoms with E-state index in [-0.39, 0.29) is 12.1 Å². The van der Waals surface area contributed by atoms with Crippen molar-refractivity contribution in [3.63, 3.8) is 0 Å². The largest absolute Gasteiger partial charge is 0.310 e. The number of benzene rings is 1. The van der Waals surface area contributed by atoms with Gasteiger partial charge in [-0.2, -0.15) is 0 Å². The molecule has 2 fully saturated rings. The van der Waals surface area contributed by atoms with Crippen LogP contribution in [0.2, 0.25) is 0 Å². The minimum Gasteiger partial charge on any atom is -0.310 e. The van der Waals surface area contributed by atoms with Crippen molar-refractivity contribution in [3.8, 4) is 0 Å². The molecule has 1 aromatic carbocycles. The summed E-state index contributed by atoms with van der Waals surface area (Å²) in [4.78, 5) is 2.49. The van der Waals surface area contributed by atoms with E-state index in [2.05, 4.69) is 17.3 Å². The Kier molecular flexibility index (Phi) is 4.03. The Morgan fingerprint density at radius 2 is 1.75 bits per heavy atom. The molecule has 0 spiro atoms. The number of halogens is 2. The van der Waals surface area contributed by atoms with Crippen LogP contribution in [0.5, 0.6) is 0 Å². The molecule has 2 nitrogen and oxygen atoms in total. The van der Waals surface area contributed by atoms with Gasteiger partial charge in [0.15, 0.2) is 0 Å². The molecule has 110 valence electrons. The number of hydrogen-bond donors (Lipinski definition) is 1. The van der Waals surface area contributed by atoms with Crippen LogP contribution in [0.15, 0.2) is 18.2 Å². The van der Waals surface area contributed by atoms with Gasteiger partial charge in [0, 0.05) is 30.2 Å². The average Bonchev–Trinajstić information content (AvgIpc) is 2.39. The van der Waals surface area contributed by atoms with Crippen LogP contribution in [0.25, 0.3) is 0 Å². The first-order valence-electron chi connectivity index (χ1n) is 7.53. The summed E-state index contributed by atoms with van der Waals surface area (Å²) in [5.41, 5.74) is 0.164. The number of fused-ring (bicyclic) bond motifs is 2. The Morgan fingerprint density at radius 3 is 2.35 bits per heavy atom. The molecule has 0 saturated carbocycles. The van der Waals surface area contributed by atoms with Crippen molar-refractivity contribution >= 4 is 0 Å². The second-order valence-electron chi connectivity index (χ2n) is 6.15. The molecule has 1 aromatic rings. The molecule has 2 bridgehead atoms. The predicted molar refractivity (Wildman–Crippen MR) is 75.4 cm³/mol. The smallest absolute Gasteiger partial charge is 0.130 e. The van der Waals surface area contributed by atoms with Crippen molar-refractivity contribution in [1.29, 1.82) is 0 Å². The molecule has 0 aromatic heterocycles. The second-order valence-corrected chi connectivity index (χ2v) is 6.15. The Balaban J connectivity index is 1.62. The lowest BCUT2D eigenvalue weighted by Gasteiger charge is -2.47. The van der Waals surface area contributed by atoms with Crippen molar-refractivity contribution in [2.75, 3.05) is 7.05 Å². The molecule has 4 heteroatoms. The Bertz CT molecular complexity index is 443. The normalized spacial score (nSPS) is 30.4. The molecule has 2 unspecified atom stereocenters. The SMILES string of the molecule is CN1C2CCCC1CC(NCc1c(F)cccc1F)C2. The van der Waals surface area contributed by atoms with Gasteiger partial charge in [-0.3, -0.25) is 0 Å². The summed E-state index contributed by atoms with van der Waals surface area (Å²) in [7, 11) is 2.21. The molecular weight excluding hydrogens is 258 g/mol. The zero-order chi connectivity index (χ0) is 14.1. The molecule has 3 rings (SSSR count). The minimum atomic E-state index is -0.453. The maximum atomic E-state index is 13.6. The molecule has 0 radical (unpaired) electrons. The van der Waals surface area contributed by atoms with Crippen molar-refractivity contribution in [3.05, 3.63) is 35.4 Å². The molecule has 1 N–H and O–H groups in total. The van der Waals surface area contributed by atoms with Crippen molar-refractivity contribution in [2.24, 2.45) is 0 Å². The quantitative estimate of drug-likeness (QED) is 0.915. The third kappa shape index (κ3) is 2.72. The van der Waals surface area contributed by atoms with Gasteiger partial charge in [-0.25, -0.2) is 8.78 Å². The summed E-state index contributed by atoms with van der Waals surface area (Å²) in [6.07, 6.45) is 5.99. The monoisotopic (exact) mass is 280 g/mol. The molecule has 2 atom stereocenters. The van der Waals surface area contributed by atoms with Gasteiger partial charge in [-0.1, -0.05) is 12.5 Å². The molecule has 0 amide bonds. The number of piperidine rings is 2. The third-order valence-electron chi connectivity index (χ3n) is 4.97. The van der Waals surface area contributed by atoms with Gasteiger partial charge in [0.2, 0.25) is 0 Å². The molecule has 2 saturated heterocycles. The third-order valence-corrected chi connectivity index (χ3v) is 4.97. The van der Waals surface area contributed by atoms with E-state index in [4.69, 9.17) is 0 Å². The molecule has 2 heterocycles. The highest BCUT2D eigenvalue weighted by molar-refractivity contribution is 5.19. The average molecular weight is 280 g/mol. The van der Waals surface area contributed by atoms with Gasteiger partial charge in [0.25, 0.3) is 0 Å². The fraction of sp³-hybridized carbons (Fsp3) is 0.625. The fourth-order valence-corrected chi connectivity index (χ4v) is 3.73. The molecule has 2 aliphatic rings. The van der Waals surface area contributed by atoms with Crippen LogP contribution >= 0.6 is 0 Å². The first-order chi connectivity index (χ1) is 9.65. The zero-order valence-electron chi connectivity index (χ0n) is 11.9. The number of hydrogen-bond acceptors (Lipinski definition) is 2. The van der Waals surface area contributed by atoms with Crippen molar-refractivity contribution in [2.45, 2.75) is 56.8 Å². The van der Waals surface area contributed by atoms with Gasteiger partial charge < -0.3 is 10.2 Å². The molecule has 20 heavy (non-hydrogen) atoms. The van der Waals surface area contributed by atoms with Crippen molar-refractivity contribution in [1.82, 2.24) is 10.2 Å². The Hall–Kier alpha value is -1.00. The van der Waals surface area contributed by atoms with E-state index >= 15 is 0 Å². The van der Waals surface area contributed by atoms with E-state index < -0.39 is 11.6 Å². The highest BCUT2D eigenvalue weighted by Crippen LogP contribution is 2.32. The summed E-state index contributed by atoms with van der Waals surface area (Å²) in [5.74, 6) is -0.906. The van der Waals surface area contributed by atoms with E-state index in [0.717, 1.165) is 12.8 Å². The summed E-state index contributed by atoms with van der Waals surface area (Å²) in [6.45, 7) is 0.284. The van der Waals surface area contributed by atoms with Crippen LogP contribution in [-0.4, -0.2) is 30.1 Å². The van der Waals surface area contributed by atoms with E-state index in [9.17, 15) is 8.78 Å². The summed E-state index contributed by atoms with van der Waals surface area (Å²) < 4.78 is 27.2. The van der Waals surface area contributed by atoms with Gasteiger partial charge in [0.1, 0.15) is 11.6 Å². The highest BCUT2D eigenvalue weighted by Gasteiger charge is 2.35. The topological polar surface area (TPSA) is 15.3 Å². The summed E-state index contributed by atoms with van der Waals surface area (Å²) in [5, 5.41) is 3.36. The Morgan fingerprint density at radius 1 is 1.15 bits per heavy atom. The predicted octanol–water partition coefficient (Wildman–Crippen LogP) is 3.07. The number of rotatable bonds is 3. The highest BCUT2D eigenvalue weighted by atomic mass is 19.1. The van der Waals surface area contributed by atoms with Gasteiger partial charge in [0.05, 0.1) is 0 Å². The lowest BCUT2D eigenvalue weighted by atomic mass is 9.82. The van der Waals surface area contributed by atoms with Crippen LogP contribution in [0.3, 0.4) is 0 Å². The second kappa shape index (κ2) is 5.78. The van der Waals surface area contributed by atoms with Crippen LogP contribution in [0.4, 0.5) is 8.78 Å². The lowest BCUT2D eigenvalue weighted by Crippen LogP contribution is -2.54. The standard InChI is InChI=1S/C16H22F2N2/c1-20-12-4-2-5-13(20)9-11(8-12)19-10-14-15(17)6-3-7-16(14)18/h3,6-7,11-13,19H,2,4-5,8-10H2,1H3. The molecular formula is C16H22F2N2. The van der Waals surface area contributed by atoms with Gasteiger partial charge in [-0.05, 0) is 44.9 Å². The number of nitrogens with one attached hydrogen (secondary N) is 1. The first kappa shape index (κ1) is 14.0. The van der Waals surface area contributed by atoms with Gasteiger partial charge in [-0.15, -0.1) is 0 Å². The first-order valence-corrected chi connectivity index (χ1v) is 7.53.